The van der Waals surface area contributed by atoms with E-state index in [0.717, 1.165) is 13.0 Å². The maximum Gasteiger partial charge on any atom is 0.233 e. The topological polar surface area (TPSA) is 41.1 Å². The lowest BCUT2D eigenvalue weighted by atomic mass is 9.77. The number of hydrogen-bond donors (Lipinski definition) is 2. The van der Waals surface area contributed by atoms with Gasteiger partial charge in [0.25, 0.3) is 0 Å². The van der Waals surface area contributed by atoms with Gasteiger partial charge in [0.2, 0.25) is 5.91 Å². The Balaban J connectivity index is 1.72. The molecule has 0 saturated heterocycles. The molecule has 0 saturated carbocycles. The smallest absolute Gasteiger partial charge is 0.233 e. The molecule has 1 aliphatic carbocycles. The highest BCUT2D eigenvalue weighted by molar-refractivity contribution is 5.78. The lowest BCUT2D eigenvalue weighted by molar-refractivity contribution is -0.120. The van der Waals surface area contributed by atoms with E-state index < -0.39 is 0 Å². The van der Waals surface area contributed by atoms with Crippen LogP contribution in [-0.2, 0) is 11.2 Å². The Morgan fingerprint density at radius 3 is 2.72 bits per heavy atom. The van der Waals surface area contributed by atoms with E-state index >= 15 is 0 Å². The van der Waals surface area contributed by atoms with Crippen molar-refractivity contribution in [2.24, 2.45) is 0 Å². The number of benzene rings is 1. The van der Waals surface area contributed by atoms with Crippen molar-refractivity contribution in [2.45, 2.75) is 38.6 Å². The van der Waals surface area contributed by atoms with Crippen molar-refractivity contribution in [2.75, 3.05) is 13.1 Å². The summed E-state index contributed by atoms with van der Waals surface area (Å²) in [6.07, 6.45) is 1.09. The fraction of sp³-hybridized carbons (Fsp3) is 0.533. The summed E-state index contributed by atoms with van der Waals surface area (Å²) in [7, 11) is 0. The van der Waals surface area contributed by atoms with Crippen molar-refractivity contribution in [1.82, 2.24) is 10.6 Å². The van der Waals surface area contributed by atoms with Gasteiger partial charge in [-0.3, -0.25) is 4.79 Å². The summed E-state index contributed by atoms with van der Waals surface area (Å²) in [5.41, 5.74) is 2.80. The fourth-order valence-corrected chi connectivity index (χ4v) is 2.19. The molecule has 0 bridgehead atoms. The second-order valence-corrected chi connectivity index (χ2v) is 6.01. The maximum atomic E-state index is 11.7. The van der Waals surface area contributed by atoms with Crippen molar-refractivity contribution in [1.29, 1.82) is 0 Å². The largest absolute Gasteiger partial charge is 0.354 e. The normalized spacial score (nSPS) is 17.8. The van der Waals surface area contributed by atoms with Crippen LogP contribution in [0.4, 0.5) is 0 Å². The molecule has 1 aromatic rings. The Morgan fingerprint density at radius 2 is 2.06 bits per heavy atom. The number of rotatable bonds is 4. The zero-order chi connectivity index (χ0) is 13.2. The second kappa shape index (κ2) is 5.11. The molecule has 2 N–H and O–H groups in total. The average Bonchev–Trinajstić information content (AvgIpc) is 2.27. The Kier molecular flexibility index (Phi) is 3.71. The van der Waals surface area contributed by atoms with Gasteiger partial charge in [0.1, 0.15) is 0 Å². The molecule has 0 aromatic heterocycles. The molecule has 3 nitrogen and oxygen atoms in total. The predicted molar refractivity (Wildman–Crippen MR) is 73.7 cm³/mol. The quantitative estimate of drug-likeness (QED) is 0.851. The predicted octanol–water partition coefficient (Wildman–Crippen LogP) is 1.83. The molecule has 1 amide bonds. The van der Waals surface area contributed by atoms with Crippen LogP contribution in [0.15, 0.2) is 24.3 Å². The van der Waals surface area contributed by atoms with Gasteiger partial charge in [-0.05, 0) is 38.3 Å². The highest BCUT2D eigenvalue weighted by Crippen LogP contribution is 2.33. The molecule has 0 fully saturated rings. The molecule has 0 heterocycles. The van der Waals surface area contributed by atoms with Gasteiger partial charge in [-0.25, -0.2) is 0 Å². The van der Waals surface area contributed by atoms with E-state index in [0.29, 0.717) is 12.5 Å². The van der Waals surface area contributed by atoms with E-state index in [4.69, 9.17) is 0 Å². The minimum atomic E-state index is -0.0135. The maximum absolute atomic E-state index is 11.7. The van der Waals surface area contributed by atoms with Crippen LogP contribution in [0, 0.1) is 0 Å². The van der Waals surface area contributed by atoms with E-state index in [-0.39, 0.29) is 11.4 Å². The fourth-order valence-electron chi connectivity index (χ4n) is 2.19. The molecule has 1 unspecified atom stereocenters. The summed E-state index contributed by atoms with van der Waals surface area (Å²) in [5.74, 6) is 0.578. The van der Waals surface area contributed by atoms with Gasteiger partial charge in [-0.2, -0.15) is 0 Å². The third-order valence-electron chi connectivity index (χ3n) is 3.29. The second-order valence-electron chi connectivity index (χ2n) is 6.01. The first-order chi connectivity index (χ1) is 8.46. The molecule has 0 spiro atoms. The van der Waals surface area contributed by atoms with Crippen LogP contribution in [0.3, 0.4) is 0 Å². The van der Waals surface area contributed by atoms with E-state index in [9.17, 15) is 4.79 Å². The van der Waals surface area contributed by atoms with Gasteiger partial charge in [-0.15, -0.1) is 0 Å². The monoisotopic (exact) mass is 246 g/mol. The molecule has 3 heteroatoms. The van der Waals surface area contributed by atoms with Crippen molar-refractivity contribution < 1.29 is 4.79 Å². The number of carbonyl (C=O) groups excluding carboxylic acids is 1. The molecule has 1 aliphatic rings. The van der Waals surface area contributed by atoms with Crippen LogP contribution in [0.2, 0.25) is 0 Å². The summed E-state index contributed by atoms with van der Waals surface area (Å²) in [6, 6.07) is 8.45. The minimum absolute atomic E-state index is 0.0135. The molecule has 0 aliphatic heterocycles. The summed E-state index contributed by atoms with van der Waals surface area (Å²) >= 11 is 0. The molecular weight excluding hydrogens is 224 g/mol. The highest BCUT2D eigenvalue weighted by Gasteiger charge is 2.25. The van der Waals surface area contributed by atoms with Gasteiger partial charge >= 0.3 is 0 Å². The van der Waals surface area contributed by atoms with Gasteiger partial charge in [0, 0.05) is 18.0 Å². The van der Waals surface area contributed by atoms with E-state index in [1.54, 1.807) is 0 Å². The zero-order valence-corrected chi connectivity index (χ0v) is 11.4. The lowest BCUT2D eigenvalue weighted by Crippen LogP contribution is -2.44. The molecule has 1 aromatic carbocycles. The van der Waals surface area contributed by atoms with Crippen molar-refractivity contribution in [3.05, 3.63) is 35.4 Å². The molecule has 2 rings (SSSR count). The van der Waals surface area contributed by atoms with Gasteiger partial charge in [-0.1, -0.05) is 24.3 Å². The number of carbonyl (C=O) groups is 1. The lowest BCUT2D eigenvalue weighted by Gasteiger charge is -2.30. The van der Waals surface area contributed by atoms with Crippen molar-refractivity contribution in [3.63, 3.8) is 0 Å². The summed E-state index contributed by atoms with van der Waals surface area (Å²) in [6.45, 7) is 7.31. The van der Waals surface area contributed by atoms with Gasteiger partial charge in [0.05, 0.1) is 6.54 Å². The Hall–Kier alpha value is -1.35. The average molecular weight is 246 g/mol. The molecule has 18 heavy (non-hydrogen) atoms. The minimum Gasteiger partial charge on any atom is -0.354 e. The highest BCUT2D eigenvalue weighted by atomic mass is 16.1. The van der Waals surface area contributed by atoms with Crippen LogP contribution in [-0.4, -0.2) is 24.5 Å². The first-order valence-electron chi connectivity index (χ1n) is 6.55. The first kappa shape index (κ1) is 13.1. The Morgan fingerprint density at radius 1 is 1.33 bits per heavy atom. The van der Waals surface area contributed by atoms with Crippen LogP contribution < -0.4 is 10.6 Å². The molecular formula is C15H22N2O. The number of hydrogen-bond acceptors (Lipinski definition) is 2. The molecule has 98 valence electrons. The van der Waals surface area contributed by atoms with E-state index in [2.05, 4.69) is 55.7 Å². The van der Waals surface area contributed by atoms with Gasteiger partial charge in [0.15, 0.2) is 0 Å². The SMILES string of the molecule is CC(C)(C)NCC(=O)NCC1Cc2ccccc21. The Bertz CT molecular complexity index is 434. The third-order valence-corrected chi connectivity index (χ3v) is 3.29. The van der Waals surface area contributed by atoms with Crippen LogP contribution >= 0.6 is 0 Å². The standard InChI is InChI=1S/C15H22N2O/c1-15(2,3)17-10-14(18)16-9-12-8-11-6-4-5-7-13(11)12/h4-7,12,17H,8-10H2,1-3H3,(H,16,18). The Labute approximate surface area is 109 Å². The third kappa shape index (κ3) is 3.33. The van der Waals surface area contributed by atoms with E-state index in [1.165, 1.54) is 11.1 Å². The summed E-state index contributed by atoms with van der Waals surface area (Å²) in [4.78, 5) is 11.7. The molecule has 0 radical (unpaired) electrons. The zero-order valence-electron chi connectivity index (χ0n) is 11.4. The van der Waals surface area contributed by atoms with E-state index in [1.807, 2.05) is 0 Å². The summed E-state index contributed by atoms with van der Waals surface area (Å²) < 4.78 is 0. The van der Waals surface area contributed by atoms with Crippen LogP contribution in [0.25, 0.3) is 0 Å². The number of amides is 1. The first-order valence-corrected chi connectivity index (χ1v) is 6.55. The van der Waals surface area contributed by atoms with Gasteiger partial charge < -0.3 is 10.6 Å². The summed E-state index contributed by atoms with van der Waals surface area (Å²) in [5, 5.41) is 6.19. The van der Waals surface area contributed by atoms with Crippen molar-refractivity contribution in [3.8, 4) is 0 Å². The van der Waals surface area contributed by atoms with Crippen molar-refractivity contribution >= 4 is 5.91 Å². The molecule has 1 atom stereocenters. The van der Waals surface area contributed by atoms with Crippen LogP contribution in [0.1, 0.15) is 37.8 Å². The number of fused-ring (bicyclic) bond motifs is 1. The van der Waals surface area contributed by atoms with Crippen LogP contribution in [0.5, 0.6) is 0 Å². The number of nitrogens with one attached hydrogen (secondary N) is 2.